The Kier molecular flexibility index (Phi) is 5.65. The molecule has 0 aliphatic carbocycles. The van der Waals surface area contributed by atoms with Gasteiger partial charge in [0.15, 0.2) is 16.9 Å². The summed E-state index contributed by atoms with van der Waals surface area (Å²) in [5.74, 6) is 1.17. The number of rotatable bonds is 7. The van der Waals surface area contributed by atoms with Gasteiger partial charge in [0.2, 0.25) is 0 Å². The smallest absolute Gasteiger partial charge is 0.335 e. The van der Waals surface area contributed by atoms with E-state index < -0.39 is 12.1 Å². The first-order valence-corrected chi connectivity index (χ1v) is 8.91. The number of esters is 1. The van der Waals surface area contributed by atoms with Gasteiger partial charge < -0.3 is 18.6 Å². The summed E-state index contributed by atoms with van der Waals surface area (Å²) >= 11 is 1.46. The Morgan fingerprint density at radius 3 is 3.08 bits per heavy atom. The molecule has 0 bridgehead atoms. The molecule has 0 saturated carbocycles. The molecular weight excluding hydrogens is 330 g/mol. The van der Waals surface area contributed by atoms with Gasteiger partial charge >= 0.3 is 5.97 Å². The Balaban J connectivity index is 1.44. The third kappa shape index (κ3) is 4.43. The number of furan rings is 1. The minimum absolute atomic E-state index is 0.0955. The number of carbonyl (C=O) groups is 1. The molecule has 2 atom stereocenters. The van der Waals surface area contributed by atoms with Crippen molar-refractivity contribution in [2.24, 2.45) is 0 Å². The molecule has 0 radical (unpaired) electrons. The lowest BCUT2D eigenvalue weighted by Gasteiger charge is -2.15. The first-order chi connectivity index (χ1) is 11.6. The van der Waals surface area contributed by atoms with E-state index in [-0.39, 0.29) is 12.7 Å². The van der Waals surface area contributed by atoms with E-state index in [1.807, 2.05) is 24.4 Å². The molecule has 1 saturated heterocycles. The lowest BCUT2D eigenvalue weighted by atomic mass is 10.2. The number of aromatic nitrogens is 1. The fraction of sp³-hybridized carbons (Fsp3) is 0.529. The molecule has 7 heteroatoms. The van der Waals surface area contributed by atoms with Gasteiger partial charge in [0.05, 0.1) is 18.4 Å². The lowest BCUT2D eigenvalue weighted by Crippen LogP contribution is -2.27. The molecule has 1 aliphatic heterocycles. The first kappa shape index (κ1) is 17.1. The highest BCUT2D eigenvalue weighted by Gasteiger charge is 2.21. The molecule has 130 valence electrons. The van der Waals surface area contributed by atoms with Crippen molar-refractivity contribution in [2.75, 3.05) is 13.2 Å². The van der Waals surface area contributed by atoms with E-state index in [4.69, 9.17) is 18.6 Å². The van der Waals surface area contributed by atoms with Gasteiger partial charge in [0.1, 0.15) is 12.4 Å². The number of hydrogen-bond donors (Lipinski definition) is 0. The molecule has 0 N–H and O–H groups in total. The zero-order valence-electron chi connectivity index (χ0n) is 13.8. The molecule has 24 heavy (non-hydrogen) atoms. The molecule has 3 rings (SSSR count). The van der Waals surface area contributed by atoms with E-state index >= 15 is 0 Å². The summed E-state index contributed by atoms with van der Waals surface area (Å²) in [7, 11) is 0. The van der Waals surface area contributed by atoms with Gasteiger partial charge in [0, 0.05) is 12.0 Å². The Morgan fingerprint density at radius 2 is 2.38 bits per heavy atom. The van der Waals surface area contributed by atoms with Crippen LogP contribution in [0.25, 0.3) is 10.8 Å². The zero-order valence-corrected chi connectivity index (χ0v) is 14.6. The fourth-order valence-corrected chi connectivity index (χ4v) is 3.16. The summed E-state index contributed by atoms with van der Waals surface area (Å²) in [6.45, 7) is 4.90. The largest absolute Gasteiger partial charge is 0.459 e. The number of thiazole rings is 1. The molecule has 2 unspecified atom stereocenters. The van der Waals surface area contributed by atoms with Crippen molar-refractivity contribution in [3.8, 4) is 10.8 Å². The second kappa shape index (κ2) is 7.92. The topological polar surface area (TPSA) is 70.8 Å². The highest BCUT2D eigenvalue weighted by Crippen LogP contribution is 2.25. The van der Waals surface area contributed by atoms with Crippen LogP contribution >= 0.6 is 11.3 Å². The van der Waals surface area contributed by atoms with Gasteiger partial charge in [0.25, 0.3) is 0 Å². The predicted molar refractivity (Wildman–Crippen MR) is 88.7 cm³/mol. The Hall–Kier alpha value is -1.70. The Bertz CT molecular complexity index is 674. The van der Waals surface area contributed by atoms with E-state index in [2.05, 4.69) is 4.98 Å². The standard InChI is InChI=1S/C17H21NO5S/c1-11-5-6-15(23-11)16-18-13(10-24-16)8-22-17(19)12(2)21-9-14-4-3-7-20-14/h5-6,10,12,14H,3-4,7-9H2,1-2H3. The summed E-state index contributed by atoms with van der Waals surface area (Å²) < 4.78 is 21.8. The first-order valence-electron chi connectivity index (χ1n) is 8.03. The maximum Gasteiger partial charge on any atom is 0.335 e. The number of nitrogens with zero attached hydrogens (tertiary/aromatic N) is 1. The average molecular weight is 351 g/mol. The highest BCUT2D eigenvalue weighted by molar-refractivity contribution is 7.13. The Morgan fingerprint density at radius 1 is 1.50 bits per heavy atom. The van der Waals surface area contributed by atoms with Crippen molar-refractivity contribution in [1.82, 2.24) is 4.98 Å². The van der Waals surface area contributed by atoms with Crippen LogP contribution in [0.2, 0.25) is 0 Å². The quantitative estimate of drug-likeness (QED) is 0.713. The molecule has 1 aliphatic rings. The molecule has 0 aromatic carbocycles. The van der Waals surface area contributed by atoms with E-state index in [1.54, 1.807) is 6.92 Å². The molecular formula is C17H21NO5S. The zero-order chi connectivity index (χ0) is 16.9. The third-order valence-corrected chi connectivity index (χ3v) is 4.66. The average Bonchev–Trinajstić information content (AvgIpc) is 3.31. The summed E-state index contributed by atoms with van der Waals surface area (Å²) in [4.78, 5) is 16.4. The van der Waals surface area contributed by atoms with Crippen molar-refractivity contribution in [3.63, 3.8) is 0 Å². The van der Waals surface area contributed by atoms with Crippen LogP contribution in [-0.4, -0.2) is 36.4 Å². The SMILES string of the molecule is Cc1ccc(-c2nc(COC(=O)C(C)OCC3CCCO3)cs2)o1. The molecule has 0 amide bonds. The van der Waals surface area contributed by atoms with Crippen molar-refractivity contribution in [3.05, 3.63) is 29.0 Å². The molecule has 2 aromatic heterocycles. The van der Waals surface area contributed by atoms with E-state index in [0.717, 1.165) is 36.0 Å². The van der Waals surface area contributed by atoms with Gasteiger partial charge in [-0.15, -0.1) is 11.3 Å². The fourth-order valence-electron chi connectivity index (χ4n) is 2.39. The molecule has 2 aromatic rings. The molecule has 6 nitrogen and oxygen atoms in total. The predicted octanol–water partition coefficient (Wildman–Crippen LogP) is 3.34. The van der Waals surface area contributed by atoms with Crippen LogP contribution in [0.5, 0.6) is 0 Å². The van der Waals surface area contributed by atoms with Crippen LogP contribution < -0.4 is 0 Å². The van der Waals surface area contributed by atoms with E-state index in [0.29, 0.717) is 12.3 Å². The second-order valence-electron chi connectivity index (χ2n) is 5.77. The number of aryl methyl sites for hydroxylation is 1. The van der Waals surface area contributed by atoms with Crippen molar-refractivity contribution in [1.29, 1.82) is 0 Å². The van der Waals surface area contributed by atoms with Crippen LogP contribution in [0.4, 0.5) is 0 Å². The summed E-state index contributed by atoms with van der Waals surface area (Å²) in [5, 5.41) is 2.63. The number of ether oxygens (including phenoxy) is 3. The summed E-state index contributed by atoms with van der Waals surface area (Å²) in [6.07, 6.45) is 1.52. The van der Waals surface area contributed by atoms with Gasteiger partial charge in [-0.05, 0) is 38.8 Å². The minimum atomic E-state index is -0.611. The summed E-state index contributed by atoms with van der Waals surface area (Å²) in [5.41, 5.74) is 0.698. The van der Waals surface area contributed by atoms with Crippen LogP contribution in [0, 0.1) is 6.92 Å². The summed E-state index contributed by atoms with van der Waals surface area (Å²) in [6, 6.07) is 3.77. The van der Waals surface area contributed by atoms with Crippen LogP contribution in [0.15, 0.2) is 21.9 Å². The Labute approximate surface area is 144 Å². The minimum Gasteiger partial charge on any atom is -0.459 e. The van der Waals surface area contributed by atoms with Crippen molar-refractivity contribution >= 4 is 17.3 Å². The van der Waals surface area contributed by atoms with Gasteiger partial charge in [-0.3, -0.25) is 0 Å². The molecule has 1 fully saturated rings. The number of carbonyl (C=O) groups excluding carboxylic acids is 1. The lowest BCUT2D eigenvalue weighted by molar-refractivity contribution is -0.159. The van der Waals surface area contributed by atoms with E-state index in [1.165, 1.54) is 11.3 Å². The third-order valence-electron chi connectivity index (χ3n) is 3.75. The van der Waals surface area contributed by atoms with Crippen molar-refractivity contribution < 1.29 is 23.4 Å². The maximum absolute atomic E-state index is 12.0. The van der Waals surface area contributed by atoms with Crippen LogP contribution in [0.1, 0.15) is 31.2 Å². The van der Waals surface area contributed by atoms with Crippen LogP contribution in [0.3, 0.4) is 0 Å². The molecule has 0 spiro atoms. The van der Waals surface area contributed by atoms with Gasteiger partial charge in [-0.25, -0.2) is 9.78 Å². The van der Waals surface area contributed by atoms with Gasteiger partial charge in [-0.2, -0.15) is 0 Å². The maximum atomic E-state index is 12.0. The second-order valence-corrected chi connectivity index (χ2v) is 6.63. The van der Waals surface area contributed by atoms with Gasteiger partial charge in [-0.1, -0.05) is 0 Å². The highest BCUT2D eigenvalue weighted by atomic mass is 32.1. The van der Waals surface area contributed by atoms with E-state index in [9.17, 15) is 4.79 Å². The number of hydrogen-bond acceptors (Lipinski definition) is 7. The monoisotopic (exact) mass is 351 g/mol. The van der Waals surface area contributed by atoms with Crippen molar-refractivity contribution in [2.45, 2.75) is 45.5 Å². The molecule has 3 heterocycles. The normalized spacial score (nSPS) is 18.7. The van der Waals surface area contributed by atoms with Crippen LogP contribution in [-0.2, 0) is 25.6 Å².